The van der Waals surface area contributed by atoms with Gasteiger partial charge in [-0.05, 0) is 36.6 Å². The van der Waals surface area contributed by atoms with Gasteiger partial charge in [-0.2, -0.15) is 0 Å². The highest BCUT2D eigenvalue weighted by Crippen LogP contribution is 2.28. The average molecular weight is 388 g/mol. The number of sulfonamides is 1. The highest BCUT2D eigenvalue weighted by Gasteiger charge is 2.34. The van der Waals surface area contributed by atoms with Crippen molar-refractivity contribution in [2.75, 3.05) is 6.54 Å². The van der Waals surface area contributed by atoms with Gasteiger partial charge in [0.15, 0.2) is 0 Å². The number of aliphatic carboxylic acids is 1. The number of hydrogen-bond donors (Lipinski definition) is 2. The minimum Gasteiger partial charge on any atom is -0.480 e. The first kappa shape index (κ1) is 19.1. The molecule has 1 fully saturated rings. The number of benzene rings is 2. The molecule has 0 aromatic heterocycles. The van der Waals surface area contributed by atoms with Gasteiger partial charge in [0.05, 0.1) is 4.90 Å². The van der Waals surface area contributed by atoms with Crippen LogP contribution in [0.4, 0.5) is 0 Å². The Morgan fingerprint density at radius 2 is 1.78 bits per heavy atom. The highest BCUT2D eigenvalue weighted by atomic mass is 32.2. The van der Waals surface area contributed by atoms with Crippen molar-refractivity contribution in [3.63, 3.8) is 0 Å². The third kappa shape index (κ3) is 4.93. The second-order valence-corrected chi connectivity index (χ2v) is 8.16. The van der Waals surface area contributed by atoms with E-state index in [-0.39, 0.29) is 23.0 Å². The predicted octanol–water partition coefficient (Wildman–Crippen LogP) is 1.85. The fourth-order valence-corrected chi connectivity index (χ4v) is 3.78. The normalized spacial score (nSPS) is 13.9. The third-order valence-corrected chi connectivity index (χ3v) is 5.65. The molecule has 0 aliphatic heterocycles. The Kier molecular flexibility index (Phi) is 5.57. The lowest BCUT2D eigenvalue weighted by Gasteiger charge is -2.20. The van der Waals surface area contributed by atoms with Crippen molar-refractivity contribution in [2.45, 2.75) is 30.3 Å². The Balaban J connectivity index is 1.77. The van der Waals surface area contributed by atoms with Crippen LogP contribution < -0.4 is 4.72 Å². The molecule has 2 aromatic rings. The number of carbonyl (C=O) groups excluding carboxylic acids is 1. The molecule has 0 atom stereocenters. The van der Waals surface area contributed by atoms with E-state index in [1.165, 1.54) is 29.2 Å². The molecule has 7 nitrogen and oxygen atoms in total. The molecule has 0 heterocycles. The van der Waals surface area contributed by atoms with Crippen molar-refractivity contribution in [1.82, 2.24) is 9.62 Å². The number of nitrogens with zero attached hydrogens (tertiary/aromatic N) is 1. The lowest BCUT2D eigenvalue weighted by atomic mass is 10.2. The SMILES string of the molecule is O=C(O)CN(C(=O)c1cccc(S(=O)(=O)NCc2ccccc2)c1)C1CC1. The second kappa shape index (κ2) is 7.89. The molecule has 8 heteroatoms. The van der Waals surface area contributed by atoms with Crippen LogP contribution in [0, 0.1) is 0 Å². The summed E-state index contributed by atoms with van der Waals surface area (Å²) in [6.07, 6.45) is 1.52. The zero-order valence-corrected chi connectivity index (χ0v) is 15.4. The van der Waals surface area contributed by atoms with E-state index in [0.717, 1.165) is 18.4 Å². The number of amides is 1. The van der Waals surface area contributed by atoms with Gasteiger partial charge in [-0.1, -0.05) is 36.4 Å². The van der Waals surface area contributed by atoms with Crippen molar-refractivity contribution in [2.24, 2.45) is 0 Å². The Morgan fingerprint density at radius 3 is 2.41 bits per heavy atom. The molecule has 0 bridgehead atoms. The van der Waals surface area contributed by atoms with Gasteiger partial charge < -0.3 is 10.0 Å². The van der Waals surface area contributed by atoms with Crippen LogP contribution in [-0.4, -0.2) is 42.9 Å². The highest BCUT2D eigenvalue weighted by molar-refractivity contribution is 7.89. The van der Waals surface area contributed by atoms with E-state index in [0.29, 0.717) is 0 Å². The van der Waals surface area contributed by atoms with Gasteiger partial charge in [0.2, 0.25) is 10.0 Å². The first-order valence-corrected chi connectivity index (χ1v) is 10.0. The van der Waals surface area contributed by atoms with Crippen LogP contribution in [0.1, 0.15) is 28.8 Å². The molecule has 1 aliphatic carbocycles. The molecule has 0 unspecified atom stereocenters. The van der Waals surface area contributed by atoms with Crippen LogP contribution >= 0.6 is 0 Å². The van der Waals surface area contributed by atoms with Gasteiger partial charge in [-0.15, -0.1) is 0 Å². The lowest BCUT2D eigenvalue weighted by molar-refractivity contribution is -0.137. The van der Waals surface area contributed by atoms with E-state index in [1.54, 1.807) is 0 Å². The number of rotatable bonds is 8. The maximum Gasteiger partial charge on any atom is 0.323 e. The quantitative estimate of drug-likeness (QED) is 0.718. The van der Waals surface area contributed by atoms with Crippen LogP contribution in [0.5, 0.6) is 0 Å². The monoisotopic (exact) mass is 388 g/mol. The summed E-state index contributed by atoms with van der Waals surface area (Å²) in [5.74, 6) is -1.57. The molecule has 1 saturated carbocycles. The van der Waals surface area contributed by atoms with Crippen LogP contribution in [-0.2, 0) is 21.4 Å². The number of nitrogens with one attached hydrogen (secondary N) is 1. The summed E-state index contributed by atoms with van der Waals surface area (Å²) < 4.78 is 27.6. The summed E-state index contributed by atoms with van der Waals surface area (Å²) in [6.45, 7) is -0.263. The summed E-state index contributed by atoms with van der Waals surface area (Å²) in [7, 11) is -3.80. The summed E-state index contributed by atoms with van der Waals surface area (Å²) in [5, 5.41) is 9.02. The summed E-state index contributed by atoms with van der Waals surface area (Å²) >= 11 is 0. The molecule has 1 amide bonds. The zero-order chi connectivity index (χ0) is 19.4. The van der Waals surface area contributed by atoms with Crippen LogP contribution in [0.15, 0.2) is 59.5 Å². The van der Waals surface area contributed by atoms with Gasteiger partial charge >= 0.3 is 5.97 Å². The molecular formula is C19H20N2O5S. The minimum absolute atomic E-state index is 0.0321. The van der Waals surface area contributed by atoms with Gasteiger partial charge in [0, 0.05) is 18.2 Å². The Morgan fingerprint density at radius 1 is 1.07 bits per heavy atom. The first-order valence-electron chi connectivity index (χ1n) is 8.53. The van der Waals surface area contributed by atoms with Crippen molar-refractivity contribution in [1.29, 1.82) is 0 Å². The van der Waals surface area contributed by atoms with Crippen LogP contribution in [0.3, 0.4) is 0 Å². The number of carbonyl (C=O) groups is 2. The fraction of sp³-hybridized carbons (Fsp3) is 0.263. The smallest absolute Gasteiger partial charge is 0.323 e. The Labute approximate surface area is 157 Å². The molecule has 142 valence electrons. The van der Waals surface area contributed by atoms with Crippen molar-refractivity contribution < 1.29 is 23.1 Å². The maximum absolute atomic E-state index is 12.7. The molecule has 2 aromatic carbocycles. The van der Waals surface area contributed by atoms with E-state index in [9.17, 15) is 18.0 Å². The van der Waals surface area contributed by atoms with Gasteiger partial charge in [-0.25, -0.2) is 13.1 Å². The molecule has 2 N–H and O–H groups in total. The van der Waals surface area contributed by atoms with Crippen molar-refractivity contribution in [3.05, 3.63) is 65.7 Å². The molecule has 0 saturated heterocycles. The first-order chi connectivity index (χ1) is 12.9. The number of carboxylic acid groups (broad SMARTS) is 1. The zero-order valence-electron chi connectivity index (χ0n) is 14.5. The maximum atomic E-state index is 12.7. The van der Waals surface area contributed by atoms with Crippen molar-refractivity contribution >= 4 is 21.9 Å². The molecular weight excluding hydrogens is 368 g/mol. The van der Waals surface area contributed by atoms with E-state index in [4.69, 9.17) is 5.11 Å². The Bertz CT molecular complexity index is 940. The van der Waals surface area contributed by atoms with E-state index in [2.05, 4.69) is 4.72 Å². The largest absolute Gasteiger partial charge is 0.480 e. The van der Waals surface area contributed by atoms with Gasteiger partial charge in [0.25, 0.3) is 5.91 Å². The van der Waals surface area contributed by atoms with Gasteiger partial charge in [-0.3, -0.25) is 9.59 Å². The summed E-state index contributed by atoms with van der Waals surface area (Å²) in [6, 6.07) is 14.7. The predicted molar refractivity (Wildman–Crippen MR) is 98.6 cm³/mol. The summed E-state index contributed by atoms with van der Waals surface area (Å²) in [5.41, 5.74) is 0.973. The average Bonchev–Trinajstić information content (AvgIpc) is 3.50. The summed E-state index contributed by atoms with van der Waals surface area (Å²) in [4.78, 5) is 24.9. The molecule has 1 aliphatic rings. The number of hydrogen-bond acceptors (Lipinski definition) is 4. The van der Waals surface area contributed by atoms with E-state index in [1.807, 2.05) is 30.3 Å². The van der Waals surface area contributed by atoms with Crippen LogP contribution in [0.25, 0.3) is 0 Å². The number of carboxylic acids is 1. The van der Waals surface area contributed by atoms with E-state index >= 15 is 0 Å². The molecule has 3 rings (SSSR count). The van der Waals surface area contributed by atoms with E-state index < -0.39 is 28.4 Å². The van der Waals surface area contributed by atoms with Gasteiger partial charge in [0.1, 0.15) is 6.54 Å². The lowest BCUT2D eigenvalue weighted by Crippen LogP contribution is -2.37. The topological polar surface area (TPSA) is 104 Å². The molecule has 27 heavy (non-hydrogen) atoms. The molecule has 0 radical (unpaired) electrons. The standard InChI is InChI=1S/C19H20N2O5S/c22-18(23)13-21(16-9-10-16)19(24)15-7-4-8-17(11-15)27(25,26)20-12-14-5-2-1-3-6-14/h1-8,11,16,20H,9-10,12-13H2,(H,22,23). The fourth-order valence-electron chi connectivity index (χ4n) is 2.72. The Hall–Kier alpha value is -2.71. The van der Waals surface area contributed by atoms with Crippen molar-refractivity contribution in [3.8, 4) is 0 Å². The minimum atomic E-state index is -3.80. The van der Waals surface area contributed by atoms with Crippen LogP contribution in [0.2, 0.25) is 0 Å². The molecule has 0 spiro atoms. The second-order valence-electron chi connectivity index (χ2n) is 6.40. The third-order valence-electron chi connectivity index (χ3n) is 4.25.